The number of piperidine rings is 1. The zero-order chi connectivity index (χ0) is 16.1. The molecule has 0 saturated carbocycles. The van der Waals surface area contributed by atoms with E-state index in [0.29, 0.717) is 5.92 Å². The van der Waals surface area contributed by atoms with Crippen LogP contribution in [-0.2, 0) is 4.79 Å². The number of amides is 1. The molecule has 4 nitrogen and oxygen atoms in total. The number of nitrogens with two attached hydrogens (primary N) is 1. The molecule has 7 heteroatoms. The fraction of sp³-hybridized carbons (Fsp3) is 0.611. The van der Waals surface area contributed by atoms with Gasteiger partial charge in [0.05, 0.1) is 0 Å². The number of nitrogens with zero attached hydrogens (tertiary/aromatic N) is 2. The van der Waals surface area contributed by atoms with Crippen LogP contribution in [0.5, 0.6) is 0 Å². The first kappa shape index (κ1) is 22.6. The standard InChI is InChI=1S/C18H27N3OS.2ClH/c19-14-15-6-8-21(9-7-15)18(22)17(16-4-2-1-3-5-16)20-10-12-23-13-11-20;;/h1-5,15,17H,6-14,19H2;2*1H. The second-order valence-electron chi connectivity index (χ2n) is 6.47. The van der Waals surface area contributed by atoms with Gasteiger partial charge >= 0.3 is 0 Å². The fourth-order valence-corrected chi connectivity index (χ4v) is 4.47. The number of hydrogen-bond acceptors (Lipinski definition) is 4. The Morgan fingerprint density at radius 2 is 1.68 bits per heavy atom. The van der Waals surface area contributed by atoms with Crippen LogP contribution in [0, 0.1) is 5.92 Å². The van der Waals surface area contributed by atoms with Gasteiger partial charge in [-0.2, -0.15) is 11.8 Å². The first-order chi connectivity index (χ1) is 11.3. The predicted molar refractivity (Wildman–Crippen MR) is 111 cm³/mol. The van der Waals surface area contributed by atoms with Crippen LogP contribution >= 0.6 is 36.6 Å². The number of carbonyl (C=O) groups is 1. The summed E-state index contributed by atoms with van der Waals surface area (Å²) < 4.78 is 0. The van der Waals surface area contributed by atoms with E-state index in [0.717, 1.165) is 62.6 Å². The molecular weight excluding hydrogens is 377 g/mol. The highest BCUT2D eigenvalue weighted by Crippen LogP contribution is 2.28. The van der Waals surface area contributed by atoms with E-state index in [1.165, 1.54) is 0 Å². The Balaban J connectivity index is 0.00000156. The molecule has 2 N–H and O–H groups in total. The maximum atomic E-state index is 13.2. The van der Waals surface area contributed by atoms with Gasteiger partial charge in [-0.15, -0.1) is 24.8 Å². The zero-order valence-corrected chi connectivity index (χ0v) is 17.0. The van der Waals surface area contributed by atoms with Crippen molar-refractivity contribution in [3.05, 3.63) is 35.9 Å². The molecule has 25 heavy (non-hydrogen) atoms. The second-order valence-corrected chi connectivity index (χ2v) is 7.69. The van der Waals surface area contributed by atoms with Crippen LogP contribution in [0.4, 0.5) is 0 Å². The average Bonchev–Trinajstić information content (AvgIpc) is 2.64. The lowest BCUT2D eigenvalue weighted by Crippen LogP contribution is -2.48. The van der Waals surface area contributed by atoms with Gasteiger partial charge in [0.15, 0.2) is 0 Å². The third-order valence-electron chi connectivity index (χ3n) is 5.02. The molecule has 2 saturated heterocycles. The minimum Gasteiger partial charge on any atom is -0.341 e. The van der Waals surface area contributed by atoms with Gasteiger partial charge in [-0.1, -0.05) is 30.3 Å². The van der Waals surface area contributed by atoms with Crippen LogP contribution in [0.25, 0.3) is 0 Å². The van der Waals surface area contributed by atoms with Crippen LogP contribution in [-0.4, -0.2) is 59.9 Å². The molecule has 3 rings (SSSR count). The normalized spacial score (nSPS) is 20.3. The monoisotopic (exact) mass is 405 g/mol. The van der Waals surface area contributed by atoms with E-state index in [1.54, 1.807) is 0 Å². The highest BCUT2D eigenvalue weighted by Gasteiger charge is 2.33. The molecule has 0 spiro atoms. The number of hydrogen-bond donors (Lipinski definition) is 1. The lowest BCUT2D eigenvalue weighted by Gasteiger charge is -2.39. The number of halogens is 2. The summed E-state index contributed by atoms with van der Waals surface area (Å²) in [4.78, 5) is 17.7. The van der Waals surface area contributed by atoms with Crippen molar-refractivity contribution in [1.82, 2.24) is 9.80 Å². The van der Waals surface area contributed by atoms with E-state index in [1.807, 2.05) is 30.0 Å². The molecule has 1 aromatic rings. The van der Waals surface area contributed by atoms with Crippen LogP contribution in [0.2, 0.25) is 0 Å². The molecule has 2 heterocycles. The van der Waals surface area contributed by atoms with E-state index < -0.39 is 0 Å². The first-order valence-electron chi connectivity index (χ1n) is 8.65. The molecule has 2 fully saturated rings. The first-order valence-corrected chi connectivity index (χ1v) is 9.80. The van der Waals surface area contributed by atoms with Gasteiger partial charge in [-0.05, 0) is 30.9 Å². The van der Waals surface area contributed by atoms with Crippen molar-refractivity contribution in [1.29, 1.82) is 0 Å². The summed E-state index contributed by atoms with van der Waals surface area (Å²) >= 11 is 1.98. The summed E-state index contributed by atoms with van der Waals surface area (Å²) in [6.45, 7) is 4.44. The van der Waals surface area contributed by atoms with E-state index >= 15 is 0 Å². The quantitative estimate of drug-likeness (QED) is 0.836. The van der Waals surface area contributed by atoms with Gasteiger partial charge in [0.25, 0.3) is 0 Å². The molecule has 1 aromatic carbocycles. The molecule has 1 atom stereocenters. The molecule has 0 bridgehead atoms. The maximum absolute atomic E-state index is 13.2. The van der Waals surface area contributed by atoms with E-state index in [4.69, 9.17) is 5.73 Å². The van der Waals surface area contributed by atoms with Crippen molar-refractivity contribution in [2.45, 2.75) is 18.9 Å². The summed E-state index contributed by atoms with van der Waals surface area (Å²) in [5, 5.41) is 0. The lowest BCUT2D eigenvalue weighted by atomic mass is 9.95. The van der Waals surface area contributed by atoms with Crippen molar-refractivity contribution in [3.8, 4) is 0 Å². The van der Waals surface area contributed by atoms with Crippen molar-refractivity contribution in [3.63, 3.8) is 0 Å². The number of benzene rings is 1. The molecule has 2 aliphatic heterocycles. The third-order valence-corrected chi connectivity index (χ3v) is 5.96. The SMILES string of the molecule is Cl.Cl.NCC1CCN(C(=O)C(c2ccccc2)N2CCSCC2)CC1. The van der Waals surface area contributed by atoms with Gasteiger partial charge in [0.1, 0.15) is 6.04 Å². The van der Waals surface area contributed by atoms with Crippen LogP contribution in [0.3, 0.4) is 0 Å². The van der Waals surface area contributed by atoms with E-state index in [-0.39, 0.29) is 36.8 Å². The number of thioether (sulfide) groups is 1. The fourth-order valence-electron chi connectivity index (χ4n) is 3.54. The maximum Gasteiger partial charge on any atom is 0.244 e. The number of rotatable bonds is 4. The Kier molecular flexibility index (Phi) is 10.2. The topological polar surface area (TPSA) is 49.6 Å². The molecule has 2 aliphatic rings. The van der Waals surface area contributed by atoms with E-state index in [9.17, 15) is 4.79 Å². The molecule has 0 radical (unpaired) electrons. The number of likely N-dealkylation sites (tertiary alicyclic amines) is 1. The van der Waals surface area contributed by atoms with Crippen molar-refractivity contribution in [2.75, 3.05) is 44.2 Å². The van der Waals surface area contributed by atoms with Crippen LogP contribution in [0.1, 0.15) is 24.4 Å². The Labute approximate surface area is 167 Å². The van der Waals surface area contributed by atoms with Crippen molar-refractivity contribution >= 4 is 42.5 Å². The smallest absolute Gasteiger partial charge is 0.244 e. The van der Waals surface area contributed by atoms with Crippen LogP contribution in [0.15, 0.2) is 30.3 Å². The predicted octanol–water partition coefficient (Wildman–Crippen LogP) is 2.82. The largest absolute Gasteiger partial charge is 0.341 e. The molecule has 1 unspecified atom stereocenters. The Hall–Kier alpha value is -0.460. The average molecular weight is 406 g/mol. The van der Waals surface area contributed by atoms with Gasteiger partial charge in [0.2, 0.25) is 5.91 Å². The molecule has 0 aliphatic carbocycles. The molecular formula is C18H29Cl2N3OS. The third kappa shape index (κ3) is 5.76. The summed E-state index contributed by atoms with van der Waals surface area (Å²) in [7, 11) is 0. The Bertz CT molecular complexity index is 506. The van der Waals surface area contributed by atoms with Crippen molar-refractivity contribution < 1.29 is 4.79 Å². The van der Waals surface area contributed by atoms with Gasteiger partial charge in [0, 0.05) is 37.7 Å². The summed E-state index contributed by atoms with van der Waals surface area (Å²) in [5.41, 5.74) is 6.91. The van der Waals surface area contributed by atoms with Gasteiger partial charge in [-0.25, -0.2) is 0 Å². The van der Waals surface area contributed by atoms with E-state index in [2.05, 4.69) is 21.9 Å². The summed E-state index contributed by atoms with van der Waals surface area (Å²) in [6.07, 6.45) is 2.08. The minimum atomic E-state index is -0.119. The molecule has 142 valence electrons. The summed E-state index contributed by atoms with van der Waals surface area (Å²) in [5.74, 6) is 3.09. The zero-order valence-electron chi connectivity index (χ0n) is 14.5. The van der Waals surface area contributed by atoms with Gasteiger partial charge in [-0.3, -0.25) is 9.69 Å². The van der Waals surface area contributed by atoms with Crippen molar-refractivity contribution in [2.24, 2.45) is 11.7 Å². The second kappa shape index (κ2) is 11.3. The van der Waals surface area contributed by atoms with Gasteiger partial charge < -0.3 is 10.6 Å². The molecule has 0 aromatic heterocycles. The summed E-state index contributed by atoms with van der Waals surface area (Å²) in [6, 6.07) is 10.2. The highest BCUT2D eigenvalue weighted by atomic mass is 35.5. The Morgan fingerprint density at radius 3 is 2.24 bits per heavy atom. The Morgan fingerprint density at radius 1 is 1.08 bits per heavy atom. The highest BCUT2D eigenvalue weighted by molar-refractivity contribution is 7.99. The lowest BCUT2D eigenvalue weighted by molar-refractivity contribution is -0.138. The number of carbonyl (C=O) groups excluding carboxylic acids is 1. The van der Waals surface area contributed by atoms with Crippen LogP contribution < -0.4 is 5.73 Å². The molecule has 1 amide bonds. The minimum absolute atomic E-state index is 0.